The van der Waals surface area contributed by atoms with Crippen LogP contribution < -0.4 is 0 Å². The van der Waals surface area contributed by atoms with Gasteiger partial charge in [0, 0.05) is 61.1 Å². The third-order valence-corrected chi connectivity index (χ3v) is 2.57. The van der Waals surface area contributed by atoms with Gasteiger partial charge in [-0.2, -0.15) is 0 Å². The number of aliphatic imine (C=N–C) groups is 1. The maximum Gasteiger partial charge on any atom is 0.104 e. The van der Waals surface area contributed by atoms with E-state index < -0.39 is 5.60 Å². The molecular formula is C11H23EuNO. The number of aliphatic hydroxyl groups is 1. The topological polar surface area (TPSA) is 32.6 Å². The van der Waals surface area contributed by atoms with Crippen molar-refractivity contribution in [2.24, 2.45) is 10.9 Å². The molecule has 1 unspecified atom stereocenters. The van der Waals surface area contributed by atoms with Gasteiger partial charge in [0.25, 0.3) is 0 Å². The van der Waals surface area contributed by atoms with Crippen molar-refractivity contribution in [3.63, 3.8) is 0 Å². The molecular weight excluding hydrogens is 314 g/mol. The average Bonchev–Trinajstić information content (AvgIpc) is 2.01. The van der Waals surface area contributed by atoms with Crippen LogP contribution in [0.3, 0.4) is 0 Å². The summed E-state index contributed by atoms with van der Waals surface area (Å²) in [5, 5.41) is 10.3. The molecule has 0 rings (SSSR count). The van der Waals surface area contributed by atoms with Gasteiger partial charge in [-0.05, 0) is 33.1 Å². The Morgan fingerprint density at radius 2 is 1.71 bits per heavy atom. The fourth-order valence-electron chi connectivity index (χ4n) is 1.58. The van der Waals surface area contributed by atoms with E-state index in [0.717, 1.165) is 12.1 Å². The Labute approximate surface area is 129 Å². The predicted octanol–water partition coefficient (Wildman–Crippen LogP) is 2.65. The Balaban J connectivity index is 0. The molecule has 1 radical (unpaired) electrons. The van der Waals surface area contributed by atoms with Crippen molar-refractivity contribution >= 4 is 5.71 Å². The van der Waals surface area contributed by atoms with Crippen molar-refractivity contribution in [2.75, 3.05) is 0 Å². The van der Waals surface area contributed by atoms with Gasteiger partial charge < -0.3 is 5.11 Å². The second-order valence-corrected chi connectivity index (χ2v) is 4.24. The van der Waals surface area contributed by atoms with Gasteiger partial charge in [0.1, 0.15) is 5.60 Å². The Bertz CT molecular complexity index is 190. The van der Waals surface area contributed by atoms with Gasteiger partial charge in [-0.25, -0.2) is 0 Å². The molecule has 0 aromatic heterocycles. The average molecular weight is 337 g/mol. The minimum absolute atomic E-state index is 0. The van der Waals surface area contributed by atoms with Gasteiger partial charge in [-0.1, -0.05) is 20.8 Å². The van der Waals surface area contributed by atoms with Crippen LogP contribution in [-0.4, -0.2) is 22.5 Å². The van der Waals surface area contributed by atoms with Crippen molar-refractivity contribution in [1.82, 2.24) is 0 Å². The SMILES string of the molecule is CCC(O)(C(C)=NC(C)C)C(C)C.[Eu]. The largest absolute Gasteiger partial charge is 0.384 e. The summed E-state index contributed by atoms with van der Waals surface area (Å²) in [5.41, 5.74) is 0.143. The maximum absolute atomic E-state index is 10.3. The number of rotatable bonds is 4. The molecule has 0 aromatic carbocycles. The molecule has 0 bridgehead atoms. The molecule has 0 aliphatic rings. The van der Waals surface area contributed by atoms with Gasteiger partial charge in [0.2, 0.25) is 0 Å². The Morgan fingerprint density at radius 1 is 1.29 bits per heavy atom. The van der Waals surface area contributed by atoms with Gasteiger partial charge in [0.15, 0.2) is 0 Å². The zero-order valence-electron chi connectivity index (χ0n) is 10.1. The minimum Gasteiger partial charge on any atom is -0.384 e. The summed E-state index contributed by atoms with van der Waals surface area (Å²) in [6.45, 7) is 12.0. The first-order valence-electron chi connectivity index (χ1n) is 5.11. The summed E-state index contributed by atoms with van der Waals surface area (Å²) in [7, 11) is 0. The first kappa shape index (κ1) is 17.6. The standard InChI is InChI=1S/C11H23NO.Eu/c1-7-11(13,8(2)3)10(6)12-9(4)5;/h8-9,13H,7H2,1-6H3;. The molecule has 0 saturated carbocycles. The molecule has 0 heterocycles. The fourth-order valence-corrected chi connectivity index (χ4v) is 1.58. The van der Waals surface area contributed by atoms with Crippen molar-refractivity contribution in [2.45, 2.75) is 59.6 Å². The summed E-state index contributed by atoms with van der Waals surface area (Å²) < 4.78 is 0. The van der Waals surface area contributed by atoms with Crippen LogP contribution in [0.2, 0.25) is 0 Å². The molecule has 0 aliphatic heterocycles. The molecule has 0 amide bonds. The molecule has 0 aromatic rings. The number of hydrogen-bond donors (Lipinski definition) is 1. The zero-order chi connectivity index (χ0) is 10.6. The molecule has 1 atom stereocenters. The van der Waals surface area contributed by atoms with Crippen molar-refractivity contribution in [3.8, 4) is 0 Å². The smallest absolute Gasteiger partial charge is 0.104 e. The van der Waals surface area contributed by atoms with E-state index in [0.29, 0.717) is 0 Å². The minimum atomic E-state index is -0.718. The van der Waals surface area contributed by atoms with Crippen LogP contribution in [0, 0.1) is 55.3 Å². The van der Waals surface area contributed by atoms with Crippen LogP contribution in [0.5, 0.6) is 0 Å². The van der Waals surface area contributed by atoms with Crippen molar-refractivity contribution in [3.05, 3.63) is 0 Å². The van der Waals surface area contributed by atoms with E-state index >= 15 is 0 Å². The van der Waals surface area contributed by atoms with E-state index in [9.17, 15) is 5.11 Å². The number of hydrogen-bond acceptors (Lipinski definition) is 2. The van der Waals surface area contributed by atoms with Gasteiger partial charge in [-0.15, -0.1) is 0 Å². The molecule has 3 heteroatoms. The van der Waals surface area contributed by atoms with Crippen molar-refractivity contribution < 1.29 is 54.5 Å². The molecule has 1 N–H and O–H groups in total. The van der Waals surface area contributed by atoms with Gasteiger partial charge in [-0.3, -0.25) is 4.99 Å². The van der Waals surface area contributed by atoms with E-state index in [4.69, 9.17) is 0 Å². The fraction of sp³-hybridized carbons (Fsp3) is 0.909. The Morgan fingerprint density at radius 3 is 1.93 bits per heavy atom. The molecule has 0 aliphatic carbocycles. The van der Waals surface area contributed by atoms with E-state index in [2.05, 4.69) is 4.99 Å². The summed E-state index contributed by atoms with van der Waals surface area (Å²) >= 11 is 0. The van der Waals surface area contributed by atoms with Crippen LogP contribution in [0.25, 0.3) is 0 Å². The second-order valence-electron chi connectivity index (χ2n) is 4.24. The molecule has 85 valence electrons. The van der Waals surface area contributed by atoms with Crippen LogP contribution >= 0.6 is 0 Å². The summed E-state index contributed by atoms with van der Waals surface area (Å²) in [4.78, 5) is 4.41. The summed E-state index contributed by atoms with van der Waals surface area (Å²) in [6, 6.07) is 0.261. The Hall–Kier alpha value is 1.21. The van der Waals surface area contributed by atoms with Gasteiger partial charge >= 0.3 is 0 Å². The van der Waals surface area contributed by atoms with E-state index in [1.165, 1.54) is 0 Å². The third kappa shape index (κ3) is 4.82. The summed E-state index contributed by atoms with van der Waals surface area (Å²) in [5.74, 6) is 0.222. The maximum atomic E-state index is 10.3. The molecule has 0 fully saturated rings. The second kappa shape index (κ2) is 7.48. The van der Waals surface area contributed by atoms with E-state index in [1.807, 2.05) is 41.5 Å². The normalized spacial score (nSPS) is 16.8. The first-order chi connectivity index (χ1) is 5.84. The first-order valence-corrected chi connectivity index (χ1v) is 5.11. The molecule has 14 heavy (non-hydrogen) atoms. The van der Waals surface area contributed by atoms with E-state index in [1.54, 1.807) is 0 Å². The van der Waals surface area contributed by atoms with Crippen LogP contribution in [0.4, 0.5) is 0 Å². The predicted molar refractivity (Wildman–Crippen MR) is 58.3 cm³/mol. The van der Waals surface area contributed by atoms with Crippen molar-refractivity contribution in [1.29, 1.82) is 0 Å². The molecule has 0 saturated heterocycles. The third-order valence-electron chi connectivity index (χ3n) is 2.57. The molecule has 0 spiro atoms. The van der Waals surface area contributed by atoms with Crippen LogP contribution in [0.1, 0.15) is 48.0 Å². The number of nitrogens with zero attached hydrogens (tertiary/aromatic N) is 1. The van der Waals surface area contributed by atoms with Gasteiger partial charge in [0.05, 0.1) is 0 Å². The van der Waals surface area contributed by atoms with E-state index in [-0.39, 0.29) is 61.3 Å². The quantitative estimate of drug-likeness (QED) is 0.786. The monoisotopic (exact) mass is 338 g/mol. The summed E-state index contributed by atoms with van der Waals surface area (Å²) in [6.07, 6.45) is 0.729. The van der Waals surface area contributed by atoms with Crippen LogP contribution in [-0.2, 0) is 0 Å². The zero-order valence-corrected chi connectivity index (χ0v) is 12.6. The Kier molecular flexibility index (Phi) is 9.41. The molecule has 2 nitrogen and oxygen atoms in total. The van der Waals surface area contributed by atoms with Crippen LogP contribution in [0.15, 0.2) is 4.99 Å².